The third kappa shape index (κ3) is 2.62. The Balaban J connectivity index is 1.84. The number of thiazole rings is 1. The number of hydrogen-bond donors (Lipinski definition) is 2. The molecular formula is C12H21N3S. The van der Waals surface area contributed by atoms with Crippen LogP contribution < -0.4 is 10.6 Å². The summed E-state index contributed by atoms with van der Waals surface area (Å²) in [7, 11) is 0. The lowest BCUT2D eigenvalue weighted by atomic mass is 9.88. The highest BCUT2D eigenvalue weighted by Crippen LogP contribution is 2.23. The quantitative estimate of drug-likeness (QED) is 0.823. The molecule has 2 heterocycles. The van der Waals surface area contributed by atoms with Gasteiger partial charge in [-0.3, -0.25) is 0 Å². The maximum absolute atomic E-state index is 4.39. The lowest BCUT2D eigenvalue weighted by Gasteiger charge is -2.35. The molecule has 0 bridgehead atoms. The number of hydrogen-bond acceptors (Lipinski definition) is 4. The Morgan fingerprint density at radius 3 is 2.88 bits per heavy atom. The Labute approximate surface area is 102 Å². The molecule has 1 saturated heterocycles. The van der Waals surface area contributed by atoms with Gasteiger partial charge in [-0.2, -0.15) is 0 Å². The van der Waals surface area contributed by atoms with Crippen LogP contribution in [0, 0.1) is 11.8 Å². The van der Waals surface area contributed by atoms with E-state index in [-0.39, 0.29) is 5.54 Å². The molecule has 2 N–H and O–H groups in total. The fraction of sp³-hybridized carbons (Fsp3) is 0.750. The molecule has 0 spiro atoms. The first kappa shape index (κ1) is 12.0. The molecule has 0 aliphatic carbocycles. The smallest absolute Gasteiger partial charge is 0.112 e. The van der Waals surface area contributed by atoms with Crippen molar-refractivity contribution in [2.45, 2.75) is 26.3 Å². The van der Waals surface area contributed by atoms with Crippen molar-refractivity contribution in [2.75, 3.05) is 19.6 Å². The summed E-state index contributed by atoms with van der Waals surface area (Å²) >= 11 is 1.72. The van der Waals surface area contributed by atoms with E-state index in [0.717, 1.165) is 18.4 Å². The minimum absolute atomic E-state index is 0.000394. The summed E-state index contributed by atoms with van der Waals surface area (Å²) in [4.78, 5) is 4.39. The molecule has 0 aromatic carbocycles. The van der Waals surface area contributed by atoms with E-state index >= 15 is 0 Å². The minimum Gasteiger partial charge on any atom is -0.316 e. The van der Waals surface area contributed by atoms with Crippen LogP contribution >= 0.6 is 11.3 Å². The van der Waals surface area contributed by atoms with Crippen LogP contribution in [0.4, 0.5) is 0 Å². The monoisotopic (exact) mass is 239 g/mol. The van der Waals surface area contributed by atoms with Crippen LogP contribution in [0.2, 0.25) is 0 Å². The number of aromatic nitrogens is 1. The summed E-state index contributed by atoms with van der Waals surface area (Å²) in [6, 6.07) is 0. The zero-order valence-corrected chi connectivity index (χ0v) is 11.1. The highest BCUT2D eigenvalue weighted by Gasteiger charge is 2.27. The van der Waals surface area contributed by atoms with Crippen LogP contribution in [0.15, 0.2) is 11.6 Å². The van der Waals surface area contributed by atoms with Gasteiger partial charge < -0.3 is 10.6 Å². The lowest BCUT2D eigenvalue weighted by molar-refractivity contribution is 0.225. The van der Waals surface area contributed by atoms with Gasteiger partial charge in [0.15, 0.2) is 0 Å². The van der Waals surface area contributed by atoms with E-state index in [9.17, 15) is 0 Å². The molecule has 0 saturated carbocycles. The van der Waals surface area contributed by atoms with Crippen molar-refractivity contribution >= 4 is 11.3 Å². The molecule has 1 aromatic rings. The molecule has 0 amide bonds. The van der Waals surface area contributed by atoms with E-state index in [4.69, 9.17) is 0 Å². The van der Waals surface area contributed by atoms with Crippen molar-refractivity contribution in [3.63, 3.8) is 0 Å². The molecule has 2 rings (SSSR count). The Kier molecular flexibility index (Phi) is 3.62. The topological polar surface area (TPSA) is 37.0 Å². The predicted molar refractivity (Wildman–Crippen MR) is 68.7 cm³/mol. The van der Waals surface area contributed by atoms with Gasteiger partial charge in [-0.15, -0.1) is 11.3 Å². The second-order valence-corrected chi connectivity index (χ2v) is 6.13. The summed E-state index contributed by atoms with van der Waals surface area (Å²) in [5.74, 6) is 1.58. The Morgan fingerprint density at radius 2 is 2.38 bits per heavy atom. The van der Waals surface area contributed by atoms with Gasteiger partial charge >= 0.3 is 0 Å². The zero-order valence-electron chi connectivity index (χ0n) is 10.3. The molecule has 4 heteroatoms. The van der Waals surface area contributed by atoms with E-state index in [2.05, 4.69) is 36.4 Å². The summed E-state index contributed by atoms with van der Waals surface area (Å²) in [6.45, 7) is 10.2. The van der Waals surface area contributed by atoms with E-state index in [0.29, 0.717) is 0 Å². The zero-order chi connectivity index (χ0) is 11.6. The molecule has 1 aliphatic heterocycles. The van der Waals surface area contributed by atoms with Gasteiger partial charge in [0.25, 0.3) is 0 Å². The fourth-order valence-electron chi connectivity index (χ4n) is 1.90. The summed E-state index contributed by atoms with van der Waals surface area (Å²) in [5, 5.41) is 10.2. The normalized spacial score (nSPS) is 19.4. The molecule has 1 aromatic heterocycles. The predicted octanol–water partition coefficient (Wildman–Crippen LogP) is 1.82. The first-order chi connectivity index (χ1) is 7.59. The van der Waals surface area contributed by atoms with E-state index in [1.807, 2.05) is 11.6 Å². The third-order valence-electron chi connectivity index (χ3n) is 3.45. The first-order valence-corrected chi connectivity index (χ1v) is 6.83. The second-order valence-electron chi connectivity index (χ2n) is 5.24. The average molecular weight is 239 g/mol. The standard InChI is InChI=1S/C12H21N3S/c1-9(10-7-13-8-10)6-15-12(2,3)11-14-4-5-16-11/h4-5,9-10,13,15H,6-8H2,1-3H3. The molecule has 3 nitrogen and oxygen atoms in total. The lowest BCUT2D eigenvalue weighted by Crippen LogP contribution is -2.49. The van der Waals surface area contributed by atoms with Crippen LogP contribution in [0.3, 0.4) is 0 Å². The largest absolute Gasteiger partial charge is 0.316 e. The summed E-state index contributed by atoms with van der Waals surface area (Å²) in [6.07, 6.45) is 1.88. The van der Waals surface area contributed by atoms with Gasteiger partial charge in [0.2, 0.25) is 0 Å². The van der Waals surface area contributed by atoms with E-state index < -0.39 is 0 Å². The van der Waals surface area contributed by atoms with Crippen molar-refractivity contribution in [1.82, 2.24) is 15.6 Å². The second kappa shape index (κ2) is 4.82. The molecule has 1 atom stereocenters. The van der Waals surface area contributed by atoms with Gasteiger partial charge in [-0.05, 0) is 45.3 Å². The van der Waals surface area contributed by atoms with Crippen molar-refractivity contribution in [2.24, 2.45) is 11.8 Å². The van der Waals surface area contributed by atoms with Crippen LogP contribution in [-0.2, 0) is 5.54 Å². The van der Waals surface area contributed by atoms with E-state index in [1.54, 1.807) is 11.3 Å². The summed E-state index contributed by atoms with van der Waals surface area (Å²) in [5.41, 5.74) is -0.000394. The van der Waals surface area contributed by atoms with Gasteiger partial charge in [-0.25, -0.2) is 4.98 Å². The Hall–Kier alpha value is -0.450. The van der Waals surface area contributed by atoms with Gasteiger partial charge in [0.1, 0.15) is 5.01 Å². The van der Waals surface area contributed by atoms with Crippen molar-refractivity contribution in [3.05, 3.63) is 16.6 Å². The highest BCUT2D eigenvalue weighted by molar-refractivity contribution is 7.09. The van der Waals surface area contributed by atoms with Gasteiger partial charge in [0, 0.05) is 11.6 Å². The highest BCUT2D eigenvalue weighted by atomic mass is 32.1. The first-order valence-electron chi connectivity index (χ1n) is 5.95. The van der Waals surface area contributed by atoms with Gasteiger partial charge in [0.05, 0.1) is 5.54 Å². The summed E-state index contributed by atoms with van der Waals surface area (Å²) < 4.78 is 0. The van der Waals surface area contributed by atoms with Crippen molar-refractivity contribution in [1.29, 1.82) is 0 Å². The Bertz CT molecular complexity index is 317. The number of nitrogens with zero attached hydrogens (tertiary/aromatic N) is 1. The number of rotatable bonds is 5. The van der Waals surface area contributed by atoms with Crippen LogP contribution in [0.1, 0.15) is 25.8 Å². The molecule has 1 aliphatic rings. The molecule has 0 radical (unpaired) electrons. The average Bonchev–Trinajstić information content (AvgIpc) is 2.65. The van der Waals surface area contributed by atoms with Crippen LogP contribution in [-0.4, -0.2) is 24.6 Å². The van der Waals surface area contributed by atoms with Gasteiger partial charge in [-0.1, -0.05) is 6.92 Å². The number of nitrogens with one attached hydrogen (secondary N) is 2. The fourth-order valence-corrected chi connectivity index (χ4v) is 2.64. The SMILES string of the molecule is CC(CNC(C)(C)c1nccs1)C1CNC1. The molecule has 1 unspecified atom stereocenters. The molecule has 90 valence electrons. The van der Waals surface area contributed by atoms with Crippen molar-refractivity contribution in [3.8, 4) is 0 Å². The van der Waals surface area contributed by atoms with Crippen LogP contribution in [0.25, 0.3) is 0 Å². The van der Waals surface area contributed by atoms with E-state index in [1.165, 1.54) is 18.1 Å². The Morgan fingerprint density at radius 1 is 1.62 bits per heavy atom. The molecular weight excluding hydrogens is 218 g/mol. The van der Waals surface area contributed by atoms with Crippen molar-refractivity contribution < 1.29 is 0 Å². The molecule has 16 heavy (non-hydrogen) atoms. The maximum Gasteiger partial charge on any atom is 0.112 e. The molecule has 1 fully saturated rings. The third-order valence-corrected chi connectivity index (χ3v) is 4.55. The maximum atomic E-state index is 4.39. The minimum atomic E-state index is -0.000394. The van der Waals surface area contributed by atoms with Crippen LogP contribution in [0.5, 0.6) is 0 Å².